The zero-order valence-electron chi connectivity index (χ0n) is 11.8. The first-order valence-corrected chi connectivity index (χ1v) is 7.01. The van der Waals surface area contributed by atoms with E-state index in [0.717, 1.165) is 6.42 Å². The monoisotopic (exact) mass is 290 g/mol. The molecule has 1 aliphatic rings. The standard InChI is InChI=1S/C13H21F3N4/c1-8(2)5-9(6-17)12-19-18-11-4-3-10(7-20(11)12)13(14,15)16/h8-10H,3-7,17H2,1-2H3. The third-order valence-electron chi connectivity index (χ3n) is 3.84. The Kier molecular flexibility index (Phi) is 4.36. The van der Waals surface area contributed by atoms with Crippen LogP contribution in [0.4, 0.5) is 13.2 Å². The number of aryl methyl sites for hydroxylation is 1. The van der Waals surface area contributed by atoms with Gasteiger partial charge in [0.25, 0.3) is 0 Å². The molecule has 0 aliphatic carbocycles. The van der Waals surface area contributed by atoms with Crippen molar-refractivity contribution < 1.29 is 13.2 Å². The van der Waals surface area contributed by atoms with E-state index < -0.39 is 12.1 Å². The molecule has 114 valence electrons. The summed E-state index contributed by atoms with van der Waals surface area (Å²) in [7, 11) is 0. The smallest absolute Gasteiger partial charge is 0.330 e. The lowest BCUT2D eigenvalue weighted by Crippen LogP contribution is -2.33. The SMILES string of the molecule is CC(C)CC(CN)c1nnc2n1CC(C(F)(F)F)CC2. The largest absolute Gasteiger partial charge is 0.393 e. The van der Waals surface area contributed by atoms with Crippen LogP contribution in [0.5, 0.6) is 0 Å². The highest BCUT2D eigenvalue weighted by Crippen LogP contribution is 2.35. The molecule has 2 atom stereocenters. The molecule has 0 fully saturated rings. The van der Waals surface area contributed by atoms with Crippen molar-refractivity contribution in [1.29, 1.82) is 0 Å². The number of hydrogen-bond acceptors (Lipinski definition) is 3. The summed E-state index contributed by atoms with van der Waals surface area (Å²) in [6, 6.07) is 0. The lowest BCUT2D eigenvalue weighted by Gasteiger charge is -2.27. The maximum atomic E-state index is 12.9. The van der Waals surface area contributed by atoms with Gasteiger partial charge in [-0.1, -0.05) is 13.8 Å². The van der Waals surface area contributed by atoms with E-state index in [9.17, 15) is 13.2 Å². The summed E-state index contributed by atoms with van der Waals surface area (Å²) in [6.07, 6.45) is -2.92. The topological polar surface area (TPSA) is 56.7 Å². The van der Waals surface area contributed by atoms with Crippen LogP contribution < -0.4 is 5.73 Å². The van der Waals surface area contributed by atoms with Crippen molar-refractivity contribution in [3.05, 3.63) is 11.6 Å². The first-order valence-electron chi connectivity index (χ1n) is 7.01. The molecule has 7 heteroatoms. The Balaban J connectivity index is 2.24. The van der Waals surface area contributed by atoms with Gasteiger partial charge in [0.05, 0.1) is 5.92 Å². The normalized spacial score (nSPS) is 21.1. The number of nitrogens with two attached hydrogens (primary N) is 1. The average Bonchev–Trinajstić information content (AvgIpc) is 2.77. The molecule has 2 N–H and O–H groups in total. The molecular formula is C13H21F3N4. The fourth-order valence-electron chi connectivity index (χ4n) is 2.79. The number of rotatable bonds is 4. The highest BCUT2D eigenvalue weighted by atomic mass is 19.4. The van der Waals surface area contributed by atoms with Gasteiger partial charge in [-0.25, -0.2) is 0 Å². The molecule has 2 rings (SSSR count). The second kappa shape index (κ2) is 5.71. The Labute approximate surface area is 116 Å². The zero-order chi connectivity index (χ0) is 14.9. The van der Waals surface area contributed by atoms with Crippen molar-refractivity contribution in [3.8, 4) is 0 Å². The Hall–Kier alpha value is -1.11. The van der Waals surface area contributed by atoms with Crippen molar-refractivity contribution in [3.63, 3.8) is 0 Å². The molecule has 1 aliphatic heterocycles. The average molecular weight is 290 g/mol. The maximum absolute atomic E-state index is 12.9. The Morgan fingerprint density at radius 2 is 2.05 bits per heavy atom. The minimum atomic E-state index is -4.16. The van der Waals surface area contributed by atoms with Gasteiger partial charge in [0.15, 0.2) is 0 Å². The van der Waals surface area contributed by atoms with Gasteiger partial charge in [-0.2, -0.15) is 13.2 Å². The highest BCUT2D eigenvalue weighted by molar-refractivity contribution is 5.06. The molecule has 0 bridgehead atoms. The molecule has 0 saturated heterocycles. The predicted octanol–water partition coefficient (Wildman–Crippen LogP) is 2.49. The first-order chi connectivity index (χ1) is 9.32. The molecule has 0 saturated carbocycles. The molecule has 0 spiro atoms. The molecule has 20 heavy (non-hydrogen) atoms. The van der Waals surface area contributed by atoms with Gasteiger partial charge in [-0.3, -0.25) is 0 Å². The van der Waals surface area contributed by atoms with Gasteiger partial charge in [0, 0.05) is 25.4 Å². The first kappa shape index (κ1) is 15.3. The number of halogens is 3. The summed E-state index contributed by atoms with van der Waals surface area (Å²) < 4.78 is 40.3. The van der Waals surface area contributed by atoms with E-state index in [4.69, 9.17) is 5.73 Å². The number of alkyl halides is 3. The van der Waals surface area contributed by atoms with Gasteiger partial charge in [-0.05, 0) is 18.8 Å². The molecule has 2 unspecified atom stereocenters. The Bertz CT molecular complexity index is 453. The van der Waals surface area contributed by atoms with Crippen LogP contribution in [-0.2, 0) is 13.0 Å². The van der Waals surface area contributed by atoms with E-state index in [2.05, 4.69) is 24.0 Å². The summed E-state index contributed by atoms with van der Waals surface area (Å²) in [5.41, 5.74) is 5.76. The molecule has 0 aromatic carbocycles. The quantitative estimate of drug-likeness (QED) is 0.927. The summed E-state index contributed by atoms with van der Waals surface area (Å²) >= 11 is 0. The minimum absolute atomic E-state index is 0.0248. The van der Waals surface area contributed by atoms with Gasteiger partial charge < -0.3 is 10.3 Å². The number of hydrogen-bond donors (Lipinski definition) is 1. The van der Waals surface area contributed by atoms with Crippen molar-refractivity contribution in [1.82, 2.24) is 14.8 Å². The third-order valence-corrected chi connectivity index (χ3v) is 3.84. The molecule has 4 nitrogen and oxygen atoms in total. The fourth-order valence-corrected chi connectivity index (χ4v) is 2.79. The van der Waals surface area contributed by atoms with Crippen LogP contribution in [0.2, 0.25) is 0 Å². The van der Waals surface area contributed by atoms with Crippen LogP contribution in [-0.4, -0.2) is 27.5 Å². The van der Waals surface area contributed by atoms with Crippen LogP contribution in [0.3, 0.4) is 0 Å². The second-order valence-electron chi connectivity index (χ2n) is 5.92. The van der Waals surface area contributed by atoms with E-state index in [-0.39, 0.29) is 18.9 Å². The van der Waals surface area contributed by atoms with Gasteiger partial charge >= 0.3 is 6.18 Å². The summed E-state index contributed by atoms with van der Waals surface area (Å²) in [6.45, 7) is 4.44. The Morgan fingerprint density at radius 1 is 1.35 bits per heavy atom. The molecule has 1 aromatic heterocycles. The molecule has 2 heterocycles. The maximum Gasteiger partial charge on any atom is 0.393 e. The van der Waals surface area contributed by atoms with Crippen molar-refractivity contribution in [2.75, 3.05) is 6.54 Å². The molecule has 1 aromatic rings. The van der Waals surface area contributed by atoms with E-state index in [1.54, 1.807) is 4.57 Å². The lowest BCUT2D eigenvalue weighted by atomic mass is 9.94. The van der Waals surface area contributed by atoms with Crippen molar-refractivity contribution >= 4 is 0 Å². The number of aromatic nitrogens is 3. The number of fused-ring (bicyclic) bond motifs is 1. The van der Waals surface area contributed by atoms with Crippen LogP contribution >= 0.6 is 0 Å². The van der Waals surface area contributed by atoms with Crippen LogP contribution in [0.15, 0.2) is 0 Å². The fraction of sp³-hybridized carbons (Fsp3) is 0.846. The summed E-state index contributed by atoms with van der Waals surface area (Å²) in [5.74, 6) is 0.358. The van der Waals surface area contributed by atoms with E-state index >= 15 is 0 Å². The molecule has 0 amide bonds. The van der Waals surface area contributed by atoms with Gasteiger partial charge in [0.2, 0.25) is 0 Å². The van der Waals surface area contributed by atoms with Crippen LogP contribution in [0, 0.1) is 11.8 Å². The molecular weight excluding hydrogens is 269 g/mol. The minimum Gasteiger partial charge on any atom is -0.330 e. The summed E-state index contributed by atoms with van der Waals surface area (Å²) in [4.78, 5) is 0. The van der Waals surface area contributed by atoms with Gasteiger partial charge in [0.1, 0.15) is 11.6 Å². The lowest BCUT2D eigenvalue weighted by molar-refractivity contribution is -0.182. The van der Waals surface area contributed by atoms with Crippen LogP contribution in [0.25, 0.3) is 0 Å². The van der Waals surface area contributed by atoms with E-state index in [1.807, 2.05) is 0 Å². The van der Waals surface area contributed by atoms with Crippen molar-refractivity contribution in [2.24, 2.45) is 17.6 Å². The number of nitrogens with zero attached hydrogens (tertiary/aromatic N) is 3. The predicted molar refractivity (Wildman–Crippen MR) is 69.1 cm³/mol. The van der Waals surface area contributed by atoms with Crippen molar-refractivity contribution in [2.45, 2.75) is 51.7 Å². The Morgan fingerprint density at radius 3 is 2.60 bits per heavy atom. The summed E-state index contributed by atoms with van der Waals surface area (Å²) in [5, 5.41) is 8.14. The van der Waals surface area contributed by atoms with Gasteiger partial charge in [-0.15, -0.1) is 10.2 Å². The van der Waals surface area contributed by atoms with E-state index in [1.165, 1.54) is 0 Å². The molecule has 0 radical (unpaired) electrons. The third kappa shape index (κ3) is 3.13. The van der Waals surface area contributed by atoms with Crippen LogP contribution in [0.1, 0.15) is 44.3 Å². The highest BCUT2D eigenvalue weighted by Gasteiger charge is 2.42. The second-order valence-corrected chi connectivity index (χ2v) is 5.92. The zero-order valence-corrected chi connectivity index (χ0v) is 11.8. The van der Waals surface area contributed by atoms with E-state index in [0.29, 0.717) is 30.5 Å².